The zero-order chi connectivity index (χ0) is 17.6. The standard InChI is InChI=1S/C16H24N2O5S/c1-22-14-4-3-13(11-15(14)23-2)24(20,21)10-7-16(19)18-12-5-8-17-9-6-12/h3-4,11-12,17H,5-10H2,1-2H3,(H,18,19). The molecule has 0 atom stereocenters. The molecule has 1 heterocycles. The number of amides is 1. The van der Waals surface area contributed by atoms with Crippen LogP contribution in [0.5, 0.6) is 11.5 Å². The number of hydrogen-bond acceptors (Lipinski definition) is 6. The van der Waals surface area contributed by atoms with E-state index in [4.69, 9.17) is 9.47 Å². The average molecular weight is 356 g/mol. The fraction of sp³-hybridized carbons (Fsp3) is 0.562. The minimum Gasteiger partial charge on any atom is -0.493 e. The summed E-state index contributed by atoms with van der Waals surface area (Å²) in [5.41, 5.74) is 0. The molecule has 0 aliphatic carbocycles. The number of ether oxygens (including phenoxy) is 2. The molecule has 134 valence electrons. The third-order valence-corrected chi connectivity index (χ3v) is 5.73. The van der Waals surface area contributed by atoms with Gasteiger partial charge in [-0.1, -0.05) is 0 Å². The Morgan fingerprint density at radius 2 is 1.88 bits per heavy atom. The Bertz CT molecular complexity index is 669. The minimum atomic E-state index is -3.56. The molecule has 0 saturated carbocycles. The summed E-state index contributed by atoms with van der Waals surface area (Å²) in [4.78, 5) is 12.1. The Balaban J connectivity index is 1.96. The van der Waals surface area contributed by atoms with Gasteiger partial charge >= 0.3 is 0 Å². The van der Waals surface area contributed by atoms with Crippen LogP contribution in [0, 0.1) is 0 Å². The van der Waals surface area contributed by atoms with Crippen LogP contribution in [0.2, 0.25) is 0 Å². The molecule has 7 nitrogen and oxygen atoms in total. The second kappa shape index (κ2) is 8.34. The molecular formula is C16H24N2O5S. The smallest absolute Gasteiger partial charge is 0.221 e. The maximum absolute atomic E-state index is 12.4. The second-order valence-electron chi connectivity index (χ2n) is 5.68. The van der Waals surface area contributed by atoms with Crippen molar-refractivity contribution in [2.75, 3.05) is 33.1 Å². The predicted octanol–water partition coefficient (Wildman–Crippen LogP) is 0.736. The molecule has 2 N–H and O–H groups in total. The van der Waals surface area contributed by atoms with E-state index >= 15 is 0 Å². The van der Waals surface area contributed by atoms with Crippen LogP contribution in [0.1, 0.15) is 19.3 Å². The zero-order valence-electron chi connectivity index (χ0n) is 14.0. The first kappa shape index (κ1) is 18.5. The van der Waals surface area contributed by atoms with Crippen LogP contribution in [-0.4, -0.2) is 53.4 Å². The lowest BCUT2D eigenvalue weighted by Gasteiger charge is -2.23. The summed E-state index contributed by atoms with van der Waals surface area (Å²) in [7, 11) is -0.634. The summed E-state index contributed by atoms with van der Waals surface area (Å²) in [5.74, 6) is 0.336. The van der Waals surface area contributed by atoms with Gasteiger partial charge in [0, 0.05) is 18.5 Å². The Labute approximate surface area is 142 Å². The highest BCUT2D eigenvalue weighted by atomic mass is 32.2. The van der Waals surface area contributed by atoms with Crippen molar-refractivity contribution in [1.29, 1.82) is 0 Å². The van der Waals surface area contributed by atoms with E-state index < -0.39 is 9.84 Å². The number of carbonyl (C=O) groups excluding carboxylic acids is 1. The molecule has 0 unspecified atom stereocenters. The molecule has 2 rings (SSSR count). The molecule has 8 heteroatoms. The van der Waals surface area contributed by atoms with Crippen LogP contribution >= 0.6 is 0 Å². The van der Waals surface area contributed by atoms with Crippen molar-refractivity contribution in [3.8, 4) is 11.5 Å². The number of carbonyl (C=O) groups is 1. The molecule has 1 aromatic rings. The van der Waals surface area contributed by atoms with E-state index in [1.807, 2.05) is 0 Å². The van der Waals surface area contributed by atoms with Gasteiger partial charge in [0.15, 0.2) is 21.3 Å². The fourth-order valence-electron chi connectivity index (χ4n) is 2.62. The Morgan fingerprint density at radius 1 is 1.21 bits per heavy atom. The lowest BCUT2D eigenvalue weighted by molar-refractivity contribution is -0.121. The number of piperidine rings is 1. The topological polar surface area (TPSA) is 93.7 Å². The summed E-state index contributed by atoms with van der Waals surface area (Å²) in [6.45, 7) is 1.74. The zero-order valence-corrected chi connectivity index (χ0v) is 14.8. The lowest BCUT2D eigenvalue weighted by atomic mass is 10.1. The van der Waals surface area contributed by atoms with Crippen LogP contribution < -0.4 is 20.1 Å². The molecule has 0 radical (unpaired) electrons. The predicted molar refractivity (Wildman–Crippen MR) is 90.3 cm³/mol. The molecule has 24 heavy (non-hydrogen) atoms. The second-order valence-corrected chi connectivity index (χ2v) is 7.79. The van der Waals surface area contributed by atoms with Gasteiger partial charge in [-0.05, 0) is 38.1 Å². The normalized spacial score (nSPS) is 15.8. The van der Waals surface area contributed by atoms with E-state index in [1.54, 1.807) is 6.07 Å². The molecule has 1 saturated heterocycles. The molecule has 1 aromatic carbocycles. The highest BCUT2D eigenvalue weighted by molar-refractivity contribution is 7.91. The fourth-order valence-corrected chi connectivity index (χ4v) is 3.87. The van der Waals surface area contributed by atoms with Gasteiger partial charge in [-0.15, -0.1) is 0 Å². The number of methoxy groups -OCH3 is 2. The highest BCUT2D eigenvalue weighted by Crippen LogP contribution is 2.29. The molecule has 1 amide bonds. The van der Waals surface area contributed by atoms with Crippen molar-refractivity contribution in [2.45, 2.75) is 30.2 Å². The van der Waals surface area contributed by atoms with Gasteiger partial charge in [0.25, 0.3) is 0 Å². The lowest BCUT2D eigenvalue weighted by Crippen LogP contribution is -2.43. The van der Waals surface area contributed by atoms with Crippen molar-refractivity contribution in [3.63, 3.8) is 0 Å². The number of rotatable bonds is 7. The van der Waals surface area contributed by atoms with Crippen molar-refractivity contribution < 1.29 is 22.7 Å². The monoisotopic (exact) mass is 356 g/mol. The van der Waals surface area contributed by atoms with Gasteiger partial charge in [-0.2, -0.15) is 0 Å². The third kappa shape index (κ3) is 4.85. The van der Waals surface area contributed by atoms with E-state index in [0.29, 0.717) is 11.5 Å². The number of hydrogen-bond donors (Lipinski definition) is 2. The van der Waals surface area contributed by atoms with Crippen LogP contribution in [0.3, 0.4) is 0 Å². The molecule has 0 bridgehead atoms. The molecule has 1 aliphatic rings. The number of nitrogens with one attached hydrogen (secondary N) is 2. The van der Waals surface area contributed by atoms with E-state index in [-0.39, 0.29) is 29.0 Å². The molecule has 1 aliphatic heterocycles. The summed E-state index contributed by atoms with van der Waals surface area (Å²) < 4.78 is 35.0. The molecule has 0 spiro atoms. The van der Waals surface area contributed by atoms with Crippen molar-refractivity contribution >= 4 is 15.7 Å². The third-order valence-electron chi connectivity index (χ3n) is 4.02. The quantitative estimate of drug-likeness (QED) is 0.748. The molecule has 0 aromatic heterocycles. The van der Waals surface area contributed by atoms with Gasteiger partial charge in [-0.3, -0.25) is 4.79 Å². The Morgan fingerprint density at radius 3 is 2.50 bits per heavy atom. The van der Waals surface area contributed by atoms with E-state index in [9.17, 15) is 13.2 Å². The first-order valence-electron chi connectivity index (χ1n) is 7.91. The van der Waals surface area contributed by atoms with E-state index in [0.717, 1.165) is 25.9 Å². The average Bonchev–Trinajstić information content (AvgIpc) is 2.60. The SMILES string of the molecule is COc1ccc(S(=O)(=O)CCC(=O)NC2CCNCC2)cc1OC. The number of sulfone groups is 1. The summed E-state index contributed by atoms with van der Waals surface area (Å²) in [5, 5.41) is 6.11. The molecule has 1 fully saturated rings. The number of benzene rings is 1. The van der Waals surface area contributed by atoms with Crippen LogP contribution in [-0.2, 0) is 14.6 Å². The van der Waals surface area contributed by atoms with Gasteiger partial charge in [0.2, 0.25) is 5.91 Å². The van der Waals surface area contributed by atoms with Crippen LogP contribution in [0.25, 0.3) is 0 Å². The van der Waals surface area contributed by atoms with Crippen LogP contribution in [0.15, 0.2) is 23.1 Å². The first-order chi connectivity index (χ1) is 11.5. The Kier molecular flexibility index (Phi) is 6.44. The van der Waals surface area contributed by atoms with Gasteiger partial charge in [-0.25, -0.2) is 8.42 Å². The Hall–Kier alpha value is -1.80. The first-order valence-corrected chi connectivity index (χ1v) is 9.56. The summed E-state index contributed by atoms with van der Waals surface area (Å²) in [6.07, 6.45) is 1.68. The van der Waals surface area contributed by atoms with E-state index in [2.05, 4.69) is 10.6 Å². The van der Waals surface area contributed by atoms with Crippen molar-refractivity contribution in [1.82, 2.24) is 10.6 Å². The maximum Gasteiger partial charge on any atom is 0.221 e. The maximum atomic E-state index is 12.4. The van der Waals surface area contributed by atoms with Gasteiger partial charge in [0.05, 0.1) is 24.9 Å². The van der Waals surface area contributed by atoms with Gasteiger partial charge in [0.1, 0.15) is 0 Å². The van der Waals surface area contributed by atoms with Gasteiger partial charge < -0.3 is 20.1 Å². The summed E-state index contributed by atoms with van der Waals surface area (Å²) >= 11 is 0. The summed E-state index contributed by atoms with van der Waals surface area (Å²) in [6, 6.07) is 4.55. The van der Waals surface area contributed by atoms with Crippen LogP contribution in [0.4, 0.5) is 0 Å². The largest absolute Gasteiger partial charge is 0.493 e. The van der Waals surface area contributed by atoms with Crippen molar-refractivity contribution in [2.24, 2.45) is 0 Å². The minimum absolute atomic E-state index is 0.0550. The highest BCUT2D eigenvalue weighted by Gasteiger charge is 2.20. The van der Waals surface area contributed by atoms with E-state index in [1.165, 1.54) is 26.4 Å². The molecular weight excluding hydrogens is 332 g/mol. The van der Waals surface area contributed by atoms with Crippen molar-refractivity contribution in [3.05, 3.63) is 18.2 Å².